The Balaban J connectivity index is 0.000000334. The summed E-state index contributed by atoms with van der Waals surface area (Å²) >= 11 is 0. The van der Waals surface area contributed by atoms with Crippen LogP contribution in [0.25, 0.3) is 33.4 Å². The van der Waals surface area contributed by atoms with Crippen molar-refractivity contribution in [1.82, 2.24) is 4.98 Å². The van der Waals surface area contributed by atoms with Gasteiger partial charge in [-0.3, -0.25) is 9.78 Å². The first-order valence-electron chi connectivity index (χ1n) is 17.5. The van der Waals surface area contributed by atoms with Crippen LogP contribution in [-0.4, -0.2) is 23.9 Å². The average Bonchev–Trinajstić information content (AvgIpc) is 3.56. The minimum absolute atomic E-state index is 0. The van der Waals surface area contributed by atoms with Gasteiger partial charge < -0.3 is 9.52 Å². The second-order valence-electron chi connectivity index (χ2n) is 15.7. The summed E-state index contributed by atoms with van der Waals surface area (Å²) in [5.41, 5.74) is 6.98. The van der Waals surface area contributed by atoms with Crippen molar-refractivity contribution in [1.29, 1.82) is 0 Å². The molecule has 0 amide bonds. The van der Waals surface area contributed by atoms with Crippen molar-refractivity contribution in [2.24, 2.45) is 11.8 Å². The Morgan fingerprint density at radius 3 is 2.15 bits per heavy atom. The van der Waals surface area contributed by atoms with E-state index < -0.39 is 8.07 Å². The van der Waals surface area contributed by atoms with Crippen molar-refractivity contribution < 1.29 is 34.4 Å². The molecule has 1 radical (unpaired) electrons. The smallest absolute Gasteiger partial charge is 0.162 e. The Morgan fingerprint density at radius 2 is 1.58 bits per heavy atom. The monoisotopic (exact) mass is 843 g/mol. The van der Waals surface area contributed by atoms with Gasteiger partial charge in [-0.15, -0.1) is 29.1 Å². The molecule has 0 saturated heterocycles. The third-order valence-corrected chi connectivity index (χ3v) is 11.6. The van der Waals surface area contributed by atoms with Crippen LogP contribution >= 0.6 is 0 Å². The van der Waals surface area contributed by atoms with E-state index in [1.54, 1.807) is 0 Å². The van der Waals surface area contributed by atoms with Crippen LogP contribution in [0.15, 0.2) is 64.9 Å². The predicted molar refractivity (Wildman–Crippen MR) is 201 cm³/mol. The Bertz CT molecular complexity index is 1760. The third kappa shape index (κ3) is 7.98. The summed E-state index contributed by atoms with van der Waals surface area (Å²) in [4.78, 5) is 16.6. The molecule has 0 bridgehead atoms. The van der Waals surface area contributed by atoms with E-state index in [0.717, 1.165) is 48.1 Å². The normalized spacial score (nSPS) is 14.0. The molecule has 1 aliphatic carbocycles. The van der Waals surface area contributed by atoms with Crippen LogP contribution < -0.4 is 5.38 Å². The van der Waals surface area contributed by atoms with Gasteiger partial charge in [-0.05, 0) is 48.8 Å². The molecule has 0 spiro atoms. The fraction of sp³-hybridized carbons (Fsp3) is 0.476. The SMILES string of the molecule is CC(C)(C)c1cc(-c2nccc3c2C(C)(C)c2cc([Si](C)(C)C)oc2-3)[c-]c2ccccc12.CCC(CC)C(=O)/C=C(\O)C(CC)CC.[Ir]. The maximum absolute atomic E-state index is 11.7. The number of benzene rings is 2. The van der Waals surface area contributed by atoms with Gasteiger partial charge in [-0.1, -0.05) is 111 Å². The molecule has 0 fully saturated rings. The molecule has 48 heavy (non-hydrogen) atoms. The van der Waals surface area contributed by atoms with Crippen LogP contribution in [0.1, 0.15) is 105 Å². The van der Waals surface area contributed by atoms with E-state index in [1.165, 1.54) is 39.1 Å². The van der Waals surface area contributed by atoms with E-state index in [9.17, 15) is 9.90 Å². The molecule has 2 heterocycles. The molecule has 0 atom stereocenters. The summed E-state index contributed by atoms with van der Waals surface area (Å²) in [6, 6.07) is 19.0. The number of hydrogen-bond donors (Lipinski definition) is 1. The number of ketones is 1. The molecule has 0 aliphatic heterocycles. The predicted octanol–water partition coefficient (Wildman–Crippen LogP) is 11.3. The fourth-order valence-corrected chi connectivity index (χ4v) is 7.79. The van der Waals surface area contributed by atoms with E-state index >= 15 is 0 Å². The number of fused-ring (bicyclic) bond motifs is 4. The average molecular weight is 843 g/mol. The molecular formula is C42H56IrNO3Si-. The molecule has 2 aromatic heterocycles. The number of carbonyl (C=O) groups is 1. The molecule has 0 unspecified atom stereocenters. The van der Waals surface area contributed by atoms with E-state index in [4.69, 9.17) is 9.40 Å². The van der Waals surface area contributed by atoms with Crippen LogP contribution in [-0.2, 0) is 35.7 Å². The minimum Gasteiger partial charge on any atom is -0.512 e. The van der Waals surface area contributed by atoms with Gasteiger partial charge in [-0.25, -0.2) is 0 Å². The number of aliphatic hydroxyl groups is 1. The molecular weight excluding hydrogens is 787 g/mol. The fourth-order valence-electron chi connectivity index (χ4n) is 6.81. The molecule has 4 aromatic rings. The van der Waals surface area contributed by atoms with Crippen molar-refractivity contribution >= 4 is 30.0 Å². The van der Waals surface area contributed by atoms with Crippen molar-refractivity contribution in [2.75, 3.05) is 0 Å². The molecule has 0 saturated carbocycles. The second kappa shape index (κ2) is 15.4. The summed E-state index contributed by atoms with van der Waals surface area (Å²) in [6.45, 7) is 26.5. The molecule has 1 N–H and O–H groups in total. The zero-order valence-electron chi connectivity index (χ0n) is 31.2. The summed E-state index contributed by atoms with van der Waals surface area (Å²) in [6.07, 6.45) is 6.83. The Morgan fingerprint density at radius 1 is 0.979 bits per heavy atom. The van der Waals surface area contributed by atoms with Gasteiger partial charge in [0.25, 0.3) is 0 Å². The molecule has 4 nitrogen and oxygen atoms in total. The number of rotatable bonds is 9. The number of nitrogens with zero attached hydrogens (tertiary/aromatic N) is 1. The zero-order valence-corrected chi connectivity index (χ0v) is 34.6. The van der Waals surface area contributed by atoms with Crippen LogP contribution in [0.4, 0.5) is 0 Å². The molecule has 261 valence electrons. The molecule has 1 aliphatic rings. The first kappa shape index (κ1) is 39.6. The van der Waals surface area contributed by atoms with Gasteiger partial charge in [-0.2, -0.15) is 0 Å². The number of allylic oxidation sites excluding steroid dienone is 2. The number of pyridine rings is 1. The molecule has 6 heteroatoms. The van der Waals surface area contributed by atoms with Crippen molar-refractivity contribution in [3.63, 3.8) is 0 Å². The largest absolute Gasteiger partial charge is 0.512 e. The van der Waals surface area contributed by atoms with Crippen LogP contribution in [0, 0.1) is 17.9 Å². The number of furan rings is 1. The van der Waals surface area contributed by atoms with Crippen molar-refractivity contribution in [3.8, 4) is 22.6 Å². The van der Waals surface area contributed by atoms with Gasteiger partial charge in [0.2, 0.25) is 0 Å². The number of carbonyl (C=O) groups excluding carboxylic acids is 1. The van der Waals surface area contributed by atoms with E-state index in [1.807, 2.05) is 33.9 Å². The first-order chi connectivity index (χ1) is 22.0. The van der Waals surface area contributed by atoms with Crippen LogP contribution in [0.3, 0.4) is 0 Å². The van der Waals surface area contributed by atoms with Gasteiger partial charge in [0, 0.05) is 66.4 Å². The second-order valence-corrected chi connectivity index (χ2v) is 20.7. The van der Waals surface area contributed by atoms with E-state index in [-0.39, 0.29) is 54.3 Å². The van der Waals surface area contributed by atoms with Crippen molar-refractivity contribution in [3.05, 3.63) is 83.3 Å². The maximum atomic E-state index is 11.7. The maximum Gasteiger partial charge on any atom is 0.162 e. The van der Waals surface area contributed by atoms with E-state index in [2.05, 4.69) is 103 Å². The minimum atomic E-state index is -1.54. The standard InChI is InChI=1S/C29H32NOSi.C13H24O2.Ir/c1-28(2,3)22-16-19(15-18-11-9-10-12-20(18)22)26-25-21(13-14-30-26)27-23(29(25,4)5)17-24(31-27)32(6,7)8;1-5-10(6-2)12(14)9-13(15)11(7-3)8-4;/h9-14,16-17H,1-8H3;9-11,14H,5-8H2,1-4H3;/q-1;;/b;12-9-;. The van der Waals surface area contributed by atoms with Crippen LogP contribution in [0.2, 0.25) is 19.6 Å². The Hall–Kier alpha value is -2.79. The van der Waals surface area contributed by atoms with Gasteiger partial charge in [0.05, 0.1) is 11.1 Å². The Kier molecular flexibility index (Phi) is 12.7. The number of aromatic nitrogens is 1. The van der Waals surface area contributed by atoms with Crippen LogP contribution in [0.5, 0.6) is 0 Å². The quantitative estimate of drug-likeness (QED) is 0.0789. The zero-order chi connectivity index (χ0) is 34.9. The molecule has 2 aromatic carbocycles. The summed E-state index contributed by atoms with van der Waals surface area (Å²) in [5.74, 6) is 1.58. The number of hydrogen-bond acceptors (Lipinski definition) is 4. The number of aliphatic hydroxyl groups excluding tert-OH is 1. The van der Waals surface area contributed by atoms with Gasteiger partial charge >= 0.3 is 0 Å². The summed E-state index contributed by atoms with van der Waals surface area (Å²) in [5, 5.41) is 13.3. The summed E-state index contributed by atoms with van der Waals surface area (Å²) < 4.78 is 6.52. The third-order valence-electron chi connectivity index (χ3n) is 9.89. The Labute approximate surface area is 304 Å². The molecule has 5 rings (SSSR count). The van der Waals surface area contributed by atoms with Crippen molar-refractivity contribution in [2.45, 2.75) is 118 Å². The van der Waals surface area contributed by atoms with E-state index in [0.29, 0.717) is 0 Å². The van der Waals surface area contributed by atoms with Gasteiger partial charge in [0.15, 0.2) is 5.78 Å². The van der Waals surface area contributed by atoms with Gasteiger partial charge in [0.1, 0.15) is 13.8 Å². The summed E-state index contributed by atoms with van der Waals surface area (Å²) in [7, 11) is -1.54. The first-order valence-corrected chi connectivity index (χ1v) is 21.0. The topological polar surface area (TPSA) is 63.3 Å².